The van der Waals surface area contributed by atoms with Gasteiger partial charge in [0.2, 0.25) is 0 Å². The number of urea groups is 1. The molecule has 0 unspecified atom stereocenters. The van der Waals surface area contributed by atoms with Gasteiger partial charge in [0, 0.05) is 11.0 Å². The van der Waals surface area contributed by atoms with E-state index in [0.717, 1.165) is 10.0 Å². The highest BCUT2D eigenvalue weighted by atomic mass is 79.9. The number of rotatable bonds is 5. The maximum Gasteiger partial charge on any atom is 0.319 e. The number of anilines is 1. The number of methoxy groups -OCH3 is 2. The first kappa shape index (κ1) is 16.2. The number of para-hydroxylation sites is 1. The summed E-state index contributed by atoms with van der Waals surface area (Å²) in [4.78, 5) is 12.1. The Morgan fingerprint density at radius 3 is 2.27 bits per heavy atom. The van der Waals surface area contributed by atoms with E-state index in [1.54, 1.807) is 32.4 Å². The lowest BCUT2D eigenvalue weighted by Crippen LogP contribution is -2.28. The highest BCUT2D eigenvalue weighted by Crippen LogP contribution is 2.33. The predicted molar refractivity (Wildman–Crippen MR) is 89.5 cm³/mol. The fraction of sp³-hybridized carbons (Fsp3) is 0.188. The zero-order valence-electron chi connectivity index (χ0n) is 12.4. The van der Waals surface area contributed by atoms with Crippen LogP contribution in [-0.4, -0.2) is 20.3 Å². The minimum Gasteiger partial charge on any atom is -0.494 e. The quantitative estimate of drug-likeness (QED) is 0.848. The molecule has 0 saturated heterocycles. The van der Waals surface area contributed by atoms with E-state index >= 15 is 0 Å². The van der Waals surface area contributed by atoms with Gasteiger partial charge in [0.1, 0.15) is 17.2 Å². The molecule has 2 N–H and O–H groups in total. The van der Waals surface area contributed by atoms with Gasteiger partial charge in [-0.1, -0.05) is 40.2 Å². The summed E-state index contributed by atoms with van der Waals surface area (Å²) in [7, 11) is 3.08. The summed E-state index contributed by atoms with van der Waals surface area (Å²) in [5.41, 5.74) is 1.49. The minimum absolute atomic E-state index is 0.335. The van der Waals surface area contributed by atoms with E-state index in [0.29, 0.717) is 23.7 Å². The predicted octanol–water partition coefficient (Wildman–Crippen LogP) is 3.79. The first-order valence-electron chi connectivity index (χ1n) is 6.65. The van der Waals surface area contributed by atoms with Crippen LogP contribution in [0.15, 0.2) is 46.9 Å². The molecule has 116 valence electrons. The number of nitrogens with one attached hydrogen (secondary N) is 2. The molecule has 2 rings (SSSR count). The lowest BCUT2D eigenvalue weighted by atomic mass is 10.2. The van der Waals surface area contributed by atoms with Crippen molar-refractivity contribution in [3.8, 4) is 11.5 Å². The third-order valence-electron chi connectivity index (χ3n) is 3.06. The highest BCUT2D eigenvalue weighted by molar-refractivity contribution is 9.10. The number of hydrogen-bond acceptors (Lipinski definition) is 3. The number of amides is 2. The van der Waals surface area contributed by atoms with Crippen molar-refractivity contribution < 1.29 is 14.3 Å². The molecule has 0 aliphatic carbocycles. The van der Waals surface area contributed by atoms with Crippen molar-refractivity contribution in [1.82, 2.24) is 5.32 Å². The monoisotopic (exact) mass is 364 g/mol. The maximum absolute atomic E-state index is 12.1. The van der Waals surface area contributed by atoms with Crippen LogP contribution in [0.4, 0.5) is 10.5 Å². The van der Waals surface area contributed by atoms with Crippen LogP contribution in [0.2, 0.25) is 0 Å². The molecule has 0 bridgehead atoms. The van der Waals surface area contributed by atoms with Gasteiger partial charge in [-0.3, -0.25) is 0 Å². The third-order valence-corrected chi connectivity index (χ3v) is 3.84. The van der Waals surface area contributed by atoms with E-state index in [9.17, 15) is 4.79 Å². The average Bonchev–Trinajstić information content (AvgIpc) is 2.54. The lowest BCUT2D eigenvalue weighted by Gasteiger charge is -2.14. The van der Waals surface area contributed by atoms with Gasteiger partial charge in [-0.05, 0) is 23.8 Å². The van der Waals surface area contributed by atoms with E-state index in [4.69, 9.17) is 9.47 Å². The van der Waals surface area contributed by atoms with Crippen molar-refractivity contribution in [1.29, 1.82) is 0 Å². The topological polar surface area (TPSA) is 59.6 Å². The van der Waals surface area contributed by atoms with Crippen LogP contribution in [0.3, 0.4) is 0 Å². The van der Waals surface area contributed by atoms with Gasteiger partial charge in [-0.2, -0.15) is 0 Å². The number of carbonyl (C=O) groups excluding carboxylic acids is 1. The standard InChI is InChI=1S/C16H17BrN2O3/c1-21-13-8-5-9-14(22-2)15(13)19-16(20)18-10-11-6-3-4-7-12(11)17/h3-9H,10H2,1-2H3,(H2,18,19,20). The van der Waals surface area contributed by atoms with Crippen LogP contribution < -0.4 is 20.1 Å². The van der Waals surface area contributed by atoms with Gasteiger partial charge >= 0.3 is 6.03 Å². The van der Waals surface area contributed by atoms with E-state index in [1.165, 1.54) is 0 Å². The molecule has 0 atom stereocenters. The zero-order valence-corrected chi connectivity index (χ0v) is 13.9. The summed E-state index contributed by atoms with van der Waals surface area (Å²) < 4.78 is 11.4. The van der Waals surface area contributed by atoms with Crippen LogP contribution in [0.25, 0.3) is 0 Å². The second kappa shape index (κ2) is 7.70. The number of benzene rings is 2. The number of hydrogen-bond donors (Lipinski definition) is 2. The third kappa shape index (κ3) is 3.92. The Balaban J connectivity index is 2.05. The molecule has 5 nitrogen and oxygen atoms in total. The summed E-state index contributed by atoms with van der Waals surface area (Å²) in [5, 5.41) is 5.56. The van der Waals surface area contributed by atoms with Crippen LogP contribution in [-0.2, 0) is 6.54 Å². The molecule has 0 saturated carbocycles. The Bertz CT molecular complexity index is 639. The van der Waals surface area contributed by atoms with E-state index in [1.807, 2.05) is 24.3 Å². The van der Waals surface area contributed by atoms with Crippen molar-refractivity contribution in [2.75, 3.05) is 19.5 Å². The molecular weight excluding hydrogens is 348 g/mol. The van der Waals surface area contributed by atoms with Crippen molar-refractivity contribution in [2.24, 2.45) is 0 Å². The Hall–Kier alpha value is -2.21. The fourth-order valence-electron chi connectivity index (χ4n) is 1.95. The van der Waals surface area contributed by atoms with Crippen molar-refractivity contribution >= 4 is 27.6 Å². The van der Waals surface area contributed by atoms with Crippen molar-refractivity contribution in [3.05, 3.63) is 52.5 Å². The summed E-state index contributed by atoms with van der Waals surface area (Å²) in [6.45, 7) is 0.407. The molecule has 0 fully saturated rings. The average molecular weight is 365 g/mol. The molecule has 0 radical (unpaired) electrons. The van der Waals surface area contributed by atoms with E-state index in [2.05, 4.69) is 26.6 Å². The van der Waals surface area contributed by atoms with Gasteiger partial charge < -0.3 is 20.1 Å². The van der Waals surface area contributed by atoms with Gasteiger partial charge in [-0.15, -0.1) is 0 Å². The summed E-state index contributed by atoms with van der Waals surface area (Å²) >= 11 is 3.45. The Labute approximate surface area is 137 Å². The second-order valence-corrected chi connectivity index (χ2v) is 5.29. The Kier molecular flexibility index (Phi) is 5.66. The maximum atomic E-state index is 12.1. The van der Waals surface area contributed by atoms with Crippen LogP contribution >= 0.6 is 15.9 Å². The summed E-state index contributed by atoms with van der Waals surface area (Å²) in [5.74, 6) is 1.07. The van der Waals surface area contributed by atoms with Crippen molar-refractivity contribution in [2.45, 2.75) is 6.54 Å². The summed E-state index contributed by atoms with van der Waals surface area (Å²) in [6.07, 6.45) is 0. The Morgan fingerprint density at radius 2 is 1.68 bits per heavy atom. The van der Waals surface area contributed by atoms with Crippen LogP contribution in [0, 0.1) is 0 Å². The first-order valence-corrected chi connectivity index (χ1v) is 7.44. The van der Waals surface area contributed by atoms with E-state index < -0.39 is 0 Å². The molecule has 2 aromatic carbocycles. The largest absolute Gasteiger partial charge is 0.494 e. The molecular formula is C16H17BrN2O3. The fourth-order valence-corrected chi connectivity index (χ4v) is 2.37. The molecule has 22 heavy (non-hydrogen) atoms. The molecule has 0 aliphatic heterocycles. The van der Waals surface area contributed by atoms with E-state index in [-0.39, 0.29) is 6.03 Å². The van der Waals surface area contributed by atoms with Gasteiger partial charge in [0.25, 0.3) is 0 Å². The lowest BCUT2D eigenvalue weighted by molar-refractivity contribution is 0.251. The normalized spacial score (nSPS) is 9.95. The molecule has 2 aromatic rings. The highest BCUT2D eigenvalue weighted by Gasteiger charge is 2.13. The van der Waals surface area contributed by atoms with Crippen molar-refractivity contribution in [3.63, 3.8) is 0 Å². The molecule has 0 spiro atoms. The van der Waals surface area contributed by atoms with Gasteiger partial charge in [0.15, 0.2) is 0 Å². The van der Waals surface area contributed by atoms with Gasteiger partial charge in [0.05, 0.1) is 14.2 Å². The smallest absolute Gasteiger partial charge is 0.319 e. The zero-order chi connectivity index (χ0) is 15.9. The molecule has 6 heteroatoms. The van der Waals surface area contributed by atoms with Crippen LogP contribution in [0.1, 0.15) is 5.56 Å². The SMILES string of the molecule is COc1cccc(OC)c1NC(=O)NCc1ccccc1Br. The molecule has 2 amide bonds. The summed E-state index contributed by atoms with van der Waals surface area (Å²) in [6, 6.07) is 12.7. The van der Waals surface area contributed by atoms with Gasteiger partial charge in [-0.25, -0.2) is 4.79 Å². The molecule has 0 heterocycles. The minimum atomic E-state index is -0.335. The number of carbonyl (C=O) groups is 1. The molecule has 0 aliphatic rings. The number of halogens is 1. The Morgan fingerprint density at radius 1 is 1.05 bits per heavy atom. The van der Waals surface area contributed by atoms with Crippen LogP contribution in [0.5, 0.6) is 11.5 Å². The second-order valence-electron chi connectivity index (χ2n) is 4.44. The first-order chi connectivity index (χ1) is 10.7. The molecule has 0 aromatic heterocycles. The number of ether oxygens (including phenoxy) is 2.